The topological polar surface area (TPSA) is 70.2 Å². The van der Waals surface area contributed by atoms with Gasteiger partial charge in [0.25, 0.3) is 0 Å². The number of thioether (sulfide) groups is 1. The quantitative estimate of drug-likeness (QED) is 0.750. The number of fused-ring (bicyclic) bond motifs is 1. The molecule has 0 spiro atoms. The van der Waals surface area contributed by atoms with Crippen molar-refractivity contribution in [2.75, 3.05) is 26.0 Å². The number of aromatic nitrogens is 2. The molecule has 20 heavy (non-hydrogen) atoms. The Hall–Kier alpha value is -1.24. The van der Waals surface area contributed by atoms with Gasteiger partial charge in [0.2, 0.25) is 0 Å². The number of ether oxygens (including phenoxy) is 1. The number of rotatable bonds is 4. The van der Waals surface area contributed by atoms with Crippen molar-refractivity contribution in [1.29, 1.82) is 0 Å². The van der Waals surface area contributed by atoms with Crippen molar-refractivity contribution in [3.8, 4) is 5.75 Å². The lowest BCUT2D eigenvalue weighted by atomic mass is 9.95. The number of aromatic amines is 1. The minimum absolute atomic E-state index is 0.577. The zero-order valence-electron chi connectivity index (χ0n) is 11.5. The van der Waals surface area contributed by atoms with Crippen LogP contribution >= 0.6 is 11.8 Å². The molecular formula is C14H19N3O2S. The lowest BCUT2D eigenvalue weighted by Crippen LogP contribution is -2.43. The van der Waals surface area contributed by atoms with Gasteiger partial charge >= 0.3 is 0 Å². The normalized spacial score (nSPS) is 18.3. The number of nitrogens with one attached hydrogen (secondary N) is 2. The molecule has 0 radical (unpaired) electrons. The second kappa shape index (κ2) is 5.63. The van der Waals surface area contributed by atoms with Gasteiger partial charge < -0.3 is 20.1 Å². The Kier molecular flexibility index (Phi) is 3.87. The summed E-state index contributed by atoms with van der Waals surface area (Å²) in [5.41, 5.74) is 1.31. The van der Waals surface area contributed by atoms with Crippen LogP contribution in [0.25, 0.3) is 11.0 Å². The van der Waals surface area contributed by atoms with Gasteiger partial charge in [-0.05, 0) is 38.1 Å². The monoisotopic (exact) mass is 293 g/mol. The maximum Gasteiger partial charge on any atom is 0.166 e. The Bertz CT molecular complexity index is 593. The van der Waals surface area contributed by atoms with Gasteiger partial charge in [-0.3, -0.25) is 0 Å². The lowest BCUT2D eigenvalue weighted by Gasteiger charge is -2.31. The van der Waals surface area contributed by atoms with E-state index in [0.717, 1.165) is 47.9 Å². The SMILES string of the molecule is COc1ccc2nc(SCC3(O)CCNCC3)[nH]c2c1. The first-order valence-corrected chi connectivity index (χ1v) is 7.77. The summed E-state index contributed by atoms with van der Waals surface area (Å²) in [4.78, 5) is 7.80. The number of methoxy groups -OCH3 is 1. The number of aliphatic hydroxyl groups is 1. The molecule has 1 aliphatic rings. The number of H-pyrrole nitrogens is 1. The van der Waals surface area contributed by atoms with Crippen LogP contribution in [0.3, 0.4) is 0 Å². The van der Waals surface area contributed by atoms with Gasteiger partial charge in [0.1, 0.15) is 5.75 Å². The first-order chi connectivity index (χ1) is 9.68. The first kappa shape index (κ1) is 13.7. The average Bonchev–Trinajstić information content (AvgIpc) is 2.88. The van der Waals surface area contributed by atoms with Crippen molar-refractivity contribution < 1.29 is 9.84 Å². The van der Waals surface area contributed by atoms with E-state index < -0.39 is 5.60 Å². The van der Waals surface area contributed by atoms with Crippen LogP contribution in [0.15, 0.2) is 23.4 Å². The molecule has 1 saturated heterocycles. The third-order valence-corrected chi connectivity index (χ3v) is 4.83. The molecule has 0 bridgehead atoms. The van der Waals surface area contributed by atoms with Crippen molar-refractivity contribution in [3.05, 3.63) is 18.2 Å². The molecule has 0 atom stereocenters. The molecule has 3 N–H and O–H groups in total. The molecule has 3 rings (SSSR count). The number of nitrogens with zero attached hydrogens (tertiary/aromatic N) is 1. The van der Waals surface area contributed by atoms with Crippen molar-refractivity contribution in [2.45, 2.75) is 23.6 Å². The summed E-state index contributed by atoms with van der Waals surface area (Å²) >= 11 is 1.58. The number of hydrogen-bond acceptors (Lipinski definition) is 5. The Morgan fingerprint density at radius 2 is 2.20 bits per heavy atom. The summed E-state index contributed by atoms with van der Waals surface area (Å²) in [7, 11) is 1.65. The van der Waals surface area contributed by atoms with Crippen LogP contribution in [-0.2, 0) is 0 Å². The van der Waals surface area contributed by atoms with E-state index in [4.69, 9.17) is 4.74 Å². The highest BCUT2D eigenvalue weighted by Crippen LogP contribution is 2.28. The van der Waals surface area contributed by atoms with Gasteiger partial charge in [-0.25, -0.2) is 4.98 Å². The Morgan fingerprint density at radius 1 is 1.40 bits per heavy atom. The molecule has 2 heterocycles. The van der Waals surface area contributed by atoms with Crippen LogP contribution in [0.2, 0.25) is 0 Å². The van der Waals surface area contributed by atoms with Crippen LogP contribution in [0.1, 0.15) is 12.8 Å². The number of hydrogen-bond donors (Lipinski definition) is 3. The van der Waals surface area contributed by atoms with Crippen molar-refractivity contribution in [2.24, 2.45) is 0 Å². The number of benzene rings is 1. The van der Waals surface area contributed by atoms with Gasteiger partial charge in [-0.2, -0.15) is 0 Å². The summed E-state index contributed by atoms with van der Waals surface area (Å²) in [5, 5.41) is 14.6. The fourth-order valence-electron chi connectivity index (χ4n) is 2.40. The summed E-state index contributed by atoms with van der Waals surface area (Å²) in [6.07, 6.45) is 1.60. The van der Waals surface area contributed by atoms with Crippen molar-refractivity contribution in [3.63, 3.8) is 0 Å². The number of piperidine rings is 1. The van der Waals surface area contributed by atoms with Crippen LogP contribution in [-0.4, -0.2) is 46.6 Å². The molecule has 0 unspecified atom stereocenters. The third-order valence-electron chi connectivity index (χ3n) is 3.68. The van der Waals surface area contributed by atoms with Gasteiger partial charge in [-0.15, -0.1) is 0 Å². The molecule has 6 heteroatoms. The third kappa shape index (κ3) is 2.92. The van der Waals surface area contributed by atoms with E-state index in [0.29, 0.717) is 5.75 Å². The second-order valence-corrected chi connectivity index (χ2v) is 6.15. The molecule has 1 aliphatic heterocycles. The molecule has 1 aromatic heterocycles. The van der Waals surface area contributed by atoms with E-state index >= 15 is 0 Å². The van der Waals surface area contributed by atoms with Crippen molar-refractivity contribution in [1.82, 2.24) is 15.3 Å². The van der Waals surface area contributed by atoms with Gasteiger partial charge in [0.15, 0.2) is 5.16 Å². The predicted molar refractivity (Wildman–Crippen MR) is 80.4 cm³/mol. The molecule has 1 fully saturated rings. The highest BCUT2D eigenvalue weighted by molar-refractivity contribution is 7.99. The van der Waals surface area contributed by atoms with Gasteiger partial charge in [-0.1, -0.05) is 11.8 Å². The molecule has 5 nitrogen and oxygen atoms in total. The predicted octanol–water partition coefficient (Wildman–Crippen LogP) is 1.78. The highest BCUT2D eigenvalue weighted by Gasteiger charge is 2.29. The minimum atomic E-state index is -0.577. The molecule has 0 aliphatic carbocycles. The molecule has 0 amide bonds. The largest absolute Gasteiger partial charge is 0.497 e. The Balaban J connectivity index is 1.71. The van der Waals surface area contributed by atoms with E-state index in [1.54, 1.807) is 18.9 Å². The first-order valence-electron chi connectivity index (χ1n) is 6.78. The summed E-state index contributed by atoms with van der Waals surface area (Å²) in [6, 6.07) is 5.78. The molecule has 108 valence electrons. The second-order valence-electron chi connectivity index (χ2n) is 5.19. The number of imidazole rings is 1. The Labute approximate surface area is 122 Å². The van der Waals surface area contributed by atoms with E-state index in [2.05, 4.69) is 15.3 Å². The minimum Gasteiger partial charge on any atom is -0.497 e. The van der Waals surface area contributed by atoms with Crippen LogP contribution in [0.5, 0.6) is 5.75 Å². The van der Waals surface area contributed by atoms with E-state index in [1.165, 1.54) is 0 Å². The molecule has 0 saturated carbocycles. The summed E-state index contributed by atoms with van der Waals surface area (Å²) in [5.74, 6) is 1.49. The molecule has 1 aromatic carbocycles. The smallest absolute Gasteiger partial charge is 0.166 e. The van der Waals surface area contributed by atoms with Gasteiger partial charge in [0.05, 0.1) is 23.7 Å². The van der Waals surface area contributed by atoms with E-state index in [9.17, 15) is 5.11 Å². The fourth-order valence-corrected chi connectivity index (χ4v) is 3.44. The van der Waals surface area contributed by atoms with Gasteiger partial charge in [0, 0.05) is 11.8 Å². The van der Waals surface area contributed by atoms with Crippen LogP contribution in [0.4, 0.5) is 0 Å². The highest BCUT2D eigenvalue weighted by atomic mass is 32.2. The zero-order chi connectivity index (χ0) is 14.0. The molecular weight excluding hydrogens is 274 g/mol. The van der Waals surface area contributed by atoms with E-state index in [-0.39, 0.29) is 0 Å². The maximum absolute atomic E-state index is 10.5. The Morgan fingerprint density at radius 3 is 2.95 bits per heavy atom. The lowest BCUT2D eigenvalue weighted by molar-refractivity contribution is 0.0339. The zero-order valence-corrected chi connectivity index (χ0v) is 12.3. The fraction of sp³-hybridized carbons (Fsp3) is 0.500. The van der Waals surface area contributed by atoms with E-state index in [1.807, 2.05) is 18.2 Å². The summed E-state index contributed by atoms with van der Waals surface area (Å²) in [6.45, 7) is 1.77. The standard InChI is InChI=1S/C14H19N3O2S/c1-19-10-2-3-11-12(8-10)17-13(16-11)20-9-14(18)4-6-15-7-5-14/h2-3,8,15,18H,4-7,9H2,1H3,(H,16,17). The van der Waals surface area contributed by atoms with Crippen molar-refractivity contribution >= 4 is 22.8 Å². The molecule has 2 aromatic rings. The van der Waals surface area contributed by atoms with Crippen LogP contribution in [0, 0.1) is 0 Å². The van der Waals surface area contributed by atoms with Crippen LogP contribution < -0.4 is 10.1 Å². The maximum atomic E-state index is 10.5. The average molecular weight is 293 g/mol. The summed E-state index contributed by atoms with van der Waals surface area (Å²) < 4.78 is 5.20.